The monoisotopic (exact) mass is 446 g/mol. The Hall–Kier alpha value is -2.73. The minimum atomic E-state index is 0.0609. The predicted octanol–water partition coefficient (Wildman–Crippen LogP) is 5.57. The highest BCUT2D eigenvalue weighted by molar-refractivity contribution is 7.15. The average Bonchev–Trinajstić information content (AvgIpc) is 3.46. The van der Waals surface area contributed by atoms with Crippen molar-refractivity contribution in [2.24, 2.45) is 5.41 Å². The van der Waals surface area contributed by atoms with E-state index in [0.29, 0.717) is 11.1 Å². The van der Waals surface area contributed by atoms with Gasteiger partial charge in [0, 0.05) is 24.8 Å². The number of likely N-dealkylation sites (tertiary alicyclic amines) is 1. The number of nitrogens with zero attached hydrogens (tertiary/aromatic N) is 3. The number of rotatable bonds is 6. The fourth-order valence-corrected chi connectivity index (χ4v) is 5.74. The third-order valence-electron chi connectivity index (χ3n) is 6.87. The molecule has 166 valence electrons. The normalized spacial score (nSPS) is 19.2. The van der Waals surface area contributed by atoms with Gasteiger partial charge < -0.3 is 10.2 Å². The van der Waals surface area contributed by atoms with E-state index >= 15 is 0 Å². The predicted molar refractivity (Wildman–Crippen MR) is 130 cm³/mol. The van der Waals surface area contributed by atoms with Crippen LogP contribution in [0.25, 0.3) is 10.4 Å². The number of aromatic nitrogens is 2. The van der Waals surface area contributed by atoms with E-state index in [-0.39, 0.29) is 11.9 Å². The van der Waals surface area contributed by atoms with E-state index in [4.69, 9.17) is 0 Å². The number of thiazole rings is 1. The molecule has 0 bridgehead atoms. The number of anilines is 1. The van der Waals surface area contributed by atoms with E-state index in [2.05, 4.69) is 45.3 Å². The number of aryl methyl sites for hydroxylation is 2. The maximum atomic E-state index is 13.8. The van der Waals surface area contributed by atoms with Gasteiger partial charge in [0.15, 0.2) is 0 Å². The van der Waals surface area contributed by atoms with Gasteiger partial charge in [0.25, 0.3) is 5.91 Å². The van der Waals surface area contributed by atoms with Gasteiger partial charge in [-0.3, -0.25) is 4.79 Å². The molecule has 0 radical (unpaired) electrons. The first kappa shape index (κ1) is 21.1. The van der Waals surface area contributed by atoms with Crippen LogP contribution >= 0.6 is 11.3 Å². The quantitative estimate of drug-likeness (QED) is 0.538. The first-order valence-corrected chi connectivity index (χ1v) is 12.4. The summed E-state index contributed by atoms with van der Waals surface area (Å²) in [6.07, 6.45) is 5.66. The zero-order chi connectivity index (χ0) is 22.1. The van der Waals surface area contributed by atoms with Crippen molar-refractivity contribution in [3.8, 4) is 10.4 Å². The second kappa shape index (κ2) is 8.66. The molecule has 1 saturated carbocycles. The van der Waals surface area contributed by atoms with Crippen molar-refractivity contribution in [3.63, 3.8) is 0 Å². The van der Waals surface area contributed by atoms with Gasteiger partial charge in [-0.25, -0.2) is 9.97 Å². The summed E-state index contributed by atoms with van der Waals surface area (Å²) < 4.78 is 0. The molecule has 2 aromatic heterocycles. The van der Waals surface area contributed by atoms with Crippen molar-refractivity contribution in [2.45, 2.75) is 52.0 Å². The molecule has 2 aliphatic rings. The number of carbonyl (C=O) groups excluding carboxylic acids is 1. The molecule has 1 aliphatic heterocycles. The molecule has 1 aliphatic carbocycles. The van der Waals surface area contributed by atoms with Gasteiger partial charge in [-0.1, -0.05) is 43.3 Å². The Morgan fingerprint density at radius 3 is 2.69 bits per heavy atom. The Bertz CT molecular complexity index is 1110. The third-order valence-corrected chi connectivity index (χ3v) is 7.89. The molecular weight excluding hydrogens is 416 g/mol. The number of piperidine rings is 1. The number of pyridine rings is 1. The Balaban J connectivity index is 1.39. The van der Waals surface area contributed by atoms with E-state index in [1.807, 2.05) is 37.3 Å². The molecule has 32 heavy (non-hydrogen) atoms. The van der Waals surface area contributed by atoms with Crippen molar-refractivity contribution >= 4 is 23.1 Å². The number of benzene rings is 1. The number of hydrogen-bond acceptors (Lipinski definition) is 5. The minimum absolute atomic E-state index is 0.0609. The van der Waals surface area contributed by atoms with Gasteiger partial charge in [-0.05, 0) is 62.1 Å². The molecule has 1 atom stereocenters. The Morgan fingerprint density at radius 2 is 1.94 bits per heavy atom. The molecule has 3 heterocycles. The SMILES string of the molecule is CCc1cccc(NCC2CC3(CCN2C(=O)c2nc(C)sc2-c2ccccc2)CC3)n1. The van der Waals surface area contributed by atoms with Crippen LogP contribution in [0.2, 0.25) is 0 Å². The summed E-state index contributed by atoms with van der Waals surface area (Å²) in [6, 6.07) is 16.4. The van der Waals surface area contributed by atoms with Crippen LogP contribution in [-0.4, -0.2) is 39.9 Å². The van der Waals surface area contributed by atoms with Gasteiger partial charge in [0.2, 0.25) is 0 Å². The van der Waals surface area contributed by atoms with Crippen LogP contribution < -0.4 is 5.32 Å². The van der Waals surface area contributed by atoms with Crippen LogP contribution in [0.4, 0.5) is 5.82 Å². The fraction of sp³-hybridized carbons (Fsp3) is 0.423. The Morgan fingerprint density at radius 1 is 1.12 bits per heavy atom. The van der Waals surface area contributed by atoms with Crippen LogP contribution in [0, 0.1) is 12.3 Å². The molecule has 6 heteroatoms. The molecule has 3 aromatic rings. The van der Waals surface area contributed by atoms with Gasteiger partial charge >= 0.3 is 0 Å². The highest BCUT2D eigenvalue weighted by Crippen LogP contribution is 2.55. The Kier molecular flexibility index (Phi) is 5.72. The van der Waals surface area contributed by atoms with E-state index in [1.165, 1.54) is 12.8 Å². The first-order chi connectivity index (χ1) is 15.6. The van der Waals surface area contributed by atoms with Gasteiger partial charge in [0.05, 0.1) is 9.88 Å². The lowest BCUT2D eigenvalue weighted by molar-refractivity contribution is 0.0541. The van der Waals surface area contributed by atoms with Crippen LogP contribution in [-0.2, 0) is 6.42 Å². The highest BCUT2D eigenvalue weighted by Gasteiger charge is 2.49. The largest absolute Gasteiger partial charge is 0.368 e. The summed E-state index contributed by atoms with van der Waals surface area (Å²) in [4.78, 5) is 26.2. The molecule has 1 unspecified atom stereocenters. The fourth-order valence-electron chi connectivity index (χ4n) is 4.82. The summed E-state index contributed by atoms with van der Waals surface area (Å²) in [7, 11) is 0. The maximum absolute atomic E-state index is 13.8. The van der Waals surface area contributed by atoms with E-state index in [1.54, 1.807) is 11.3 Å². The molecule has 1 spiro atoms. The van der Waals surface area contributed by atoms with E-state index in [9.17, 15) is 4.79 Å². The molecule has 1 saturated heterocycles. The first-order valence-electron chi connectivity index (χ1n) is 11.6. The summed E-state index contributed by atoms with van der Waals surface area (Å²) >= 11 is 1.60. The lowest BCUT2D eigenvalue weighted by Gasteiger charge is -2.40. The van der Waals surface area contributed by atoms with E-state index < -0.39 is 0 Å². The molecule has 5 nitrogen and oxygen atoms in total. The molecule has 2 fully saturated rings. The topological polar surface area (TPSA) is 58.1 Å². The van der Waals surface area contributed by atoms with Crippen LogP contribution in [0.1, 0.15) is 53.8 Å². The molecular formula is C26H30N4OS. The van der Waals surface area contributed by atoms with Crippen LogP contribution in [0.15, 0.2) is 48.5 Å². The number of carbonyl (C=O) groups is 1. The standard InChI is InChI=1S/C26H30N4OS/c1-3-20-10-7-11-22(29-20)27-17-21-16-26(12-13-26)14-15-30(21)25(31)23-24(32-18(2)28-23)19-8-5-4-6-9-19/h4-11,21H,3,12-17H2,1-2H3,(H,27,29). The maximum Gasteiger partial charge on any atom is 0.274 e. The van der Waals surface area contributed by atoms with Crippen molar-refractivity contribution in [1.29, 1.82) is 0 Å². The zero-order valence-electron chi connectivity index (χ0n) is 18.8. The molecule has 1 amide bonds. The van der Waals surface area contributed by atoms with Crippen LogP contribution in [0.5, 0.6) is 0 Å². The average molecular weight is 447 g/mol. The summed E-state index contributed by atoms with van der Waals surface area (Å²) in [5, 5.41) is 4.45. The lowest BCUT2D eigenvalue weighted by atomic mass is 9.87. The van der Waals surface area contributed by atoms with Crippen molar-refractivity contribution in [2.75, 3.05) is 18.4 Å². The van der Waals surface area contributed by atoms with Crippen molar-refractivity contribution in [1.82, 2.24) is 14.9 Å². The summed E-state index contributed by atoms with van der Waals surface area (Å²) in [5.41, 5.74) is 3.19. The van der Waals surface area contributed by atoms with E-state index in [0.717, 1.165) is 59.3 Å². The highest BCUT2D eigenvalue weighted by atomic mass is 32.1. The number of amides is 1. The zero-order valence-corrected chi connectivity index (χ0v) is 19.6. The van der Waals surface area contributed by atoms with Crippen LogP contribution in [0.3, 0.4) is 0 Å². The molecule has 1 aromatic carbocycles. The lowest BCUT2D eigenvalue weighted by Crippen LogP contribution is -2.50. The second-order valence-electron chi connectivity index (χ2n) is 9.13. The molecule has 1 N–H and O–H groups in total. The number of hydrogen-bond donors (Lipinski definition) is 1. The Labute approximate surface area is 193 Å². The molecule has 5 rings (SSSR count). The van der Waals surface area contributed by atoms with Gasteiger partial charge in [0.1, 0.15) is 11.5 Å². The number of nitrogens with one attached hydrogen (secondary N) is 1. The van der Waals surface area contributed by atoms with Crippen molar-refractivity contribution < 1.29 is 4.79 Å². The summed E-state index contributed by atoms with van der Waals surface area (Å²) in [5.74, 6) is 0.951. The van der Waals surface area contributed by atoms with Gasteiger partial charge in [-0.2, -0.15) is 0 Å². The van der Waals surface area contributed by atoms with Gasteiger partial charge in [-0.15, -0.1) is 11.3 Å². The second-order valence-corrected chi connectivity index (χ2v) is 10.3. The van der Waals surface area contributed by atoms with Crippen molar-refractivity contribution in [3.05, 3.63) is 64.9 Å². The smallest absolute Gasteiger partial charge is 0.274 e. The summed E-state index contributed by atoms with van der Waals surface area (Å²) in [6.45, 7) is 5.62. The third kappa shape index (κ3) is 4.29. The minimum Gasteiger partial charge on any atom is -0.368 e.